The SMILES string of the molecule is CN1CCCCC1CCN1CCCN(CCCCN)CC1. The maximum absolute atomic E-state index is 5.59. The van der Waals surface area contributed by atoms with Crippen LogP contribution < -0.4 is 5.73 Å². The van der Waals surface area contributed by atoms with E-state index < -0.39 is 0 Å². The maximum atomic E-state index is 5.59. The number of likely N-dealkylation sites (tertiary alicyclic amines) is 1. The van der Waals surface area contributed by atoms with Crippen molar-refractivity contribution in [3.05, 3.63) is 0 Å². The van der Waals surface area contributed by atoms with Crippen LogP contribution in [0.3, 0.4) is 0 Å². The van der Waals surface area contributed by atoms with E-state index in [4.69, 9.17) is 5.73 Å². The molecule has 1 atom stereocenters. The average Bonchev–Trinajstić information content (AvgIpc) is 2.72. The van der Waals surface area contributed by atoms with Crippen molar-refractivity contribution in [1.82, 2.24) is 14.7 Å². The fourth-order valence-electron chi connectivity index (χ4n) is 3.79. The van der Waals surface area contributed by atoms with Crippen molar-refractivity contribution in [1.29, 1.82) is 0 Å². The predicted octanol–water partition coefficient (Wildman–Crippen LogP) is 1.61. The zero-order valence-electron chi connectivity index (χ0n) is 14.1. The van der Waals surface area contributed by atoms with Gasteiger partial charge < -0.3 is 20.4 Å². The van der Waals surface area contributed by atoms with E-state index in [0.717, 1.165) is 12.6 Å². The van der Waals surface area contributed by atoms with Crippen molar-refractivity contribution < 1.29 is 0 Å². The zero-order chi connectivity index (χ0) is 14.9. The van der Waals surface area contributed by atoms with E-state index >= 15 is 0 Å². The summed E-state index contributed by atoms with van der Waals surface area (Å²) in [6.45, 7) is 9.79. The lowest BCUT2D eigenvalue weighted by atomic mass is 10.00. The van der Waals surface area contributed by atoms with Gasteiger partial charge in [-0.15, -0.1) is 0 Å². The second kappa shape index (κ2) is 9.78. The molecule has 2 saturated heterocycles. The molecule has 2 rings (SSSR count). The van der Waals surface area contributed by atoms with Gasteiger partial charge in [-0.25, -0.2) is 0 Å². The molecule has 0 aromatic heterocycles. The molecule has 21 heavy (non-hydrogen) atoms. The van der Waals surface area contributed by atoms with E-state index in [1.165, 1.54) is 90.8 Å². The number of nitrogens with zero attached hydrogens (tertiary/aromatic N) is 3. The Labute approximate surface area is 131 Å². The summed E-state index contributed by atoms with van der Waals surface area (Å²) in [4.78, 5) is 7.92. The van der Waals surface area contributed by atoms with E-state index in [1.807, 2.05) is 0 Å². The molecule has 0 radical (unpaired) electrons. The Hall–Kier alpha value is -0.160. The third-order valence-electron chi connectivity index (χ3n) is 5.31. The van der Waals surface area contributed by atoms with Gasteiger partial charge in [0.2, 0.25) is 0 Å². The molecular weight excluding hydrogens is 260 g/mol. The summed E-state index contributed by atoms with van der Waals surface area (Å²) in [5.74, 6) is 0. The quantitative estimate of drug-likeness (QED) is 0.724. The summed E-state index contributed by atoms with van der Waals surface area (Å²) in [7, 11) is 2.31. The molecule has 0 saturated carbocycles. The van der Waals surface area contributed by atoms with Crippen molar-refractivity contribution in [2.75, 3.05) is 59.4 Å². The summed E-state index contributed by atoms with van der Waals surface area (Å²) in [6.07, 6.45) is 9.39. The van der Waals surface area contributed by atoms with Crippen LogP contribution in [0.25, 0.3) is 0 Å². The van der Waals surface area contributed by atoms with Gasteiger partial charge in [0.15, 0.2) is 0 Å². The topological polar surface area (TPSA) is 35.7 Å². The number of piperidine rings is 1. The van der Waals surface area contributed by atoms with Gasteiger partial charge in [-0.05, 0) is 84.8 Å². The second-order valence-electron chi connectivity index (χ2n) is 6.95. The van der Waals surface area contributed by atoms with Gasteiger partial charge in [-0.1, -0.05) is 6.42 Å². The average molecular weight is 297 g/mol. The molecule has 0 spiro atoms. The first-order valence-corrected chi connectivity index (χ1v) is 9.14. The van der Waals surface area contributed by atoms with Crippen molar-refractivity contribution in [3.8, 4) is 0 Å². The highest BCUT2D eigenvalue weighted by molar-refractivity contribution is 4.77. The fourth-order valence-corrected chi connectivity index (χ4v) is 3.79. The summed E-state index contributed by atoms with van der Waals surface area (Å²) >= 11 is 0. The van der Waals surface area contributed by atoms with E-state index in [1.54, 1.807) is 0 Å². The standard InChI is InChI=1S/C17H36N4/c1-19-10-4-2-7-17(19)8-14-21-13-6-12-20(15-16-21)11-5-3-9-18/h17H,2-16,18H2,1H3. The van der Waals surface area contributed by atoms with Crippen molar-refractivity contribution >= 4 is 0 Å². The third-order valence-corrected chi connectivity index (χ3v) is 5.31. The van der Waals surface area contributed by atoms with Gasteiger partial charge in [0.1, 0.15) is 0 Å². The molecular formula is C17H36N4. The van der Waals surface area contributed by atoms with Crippen LogP contribution in [0.5, 0.6) is 0 Å². The Balaban J connectivity index is 1.63. The van der Waals surface area contributed by atoms with E-state index in [9.17, 15) is 0 Å². The minimum atomic E-state index is 0.836. The van der Waals surface area contributed by atoms with Crippen LogP contribution in [-0.2, 0) is 0 Å². The molecule has 1 unspecified atom stereocenters. The Bertz CT molecular complexity index is 272. The molecule has 0 aromatic rings. The van der Waals surface area contributed by atoms with Gasteiger partial charge in [0.25, 0.3) is 0 Å². The van der Waals surface area contributed by atoms with Gasteiger partial charge in [0, 0.05) is 19.1 Å². The lowest BCUT2D eigenvalue weighted by Gasteiger charge is -2.34. The molecule has 2 N–H and O–H groups in total. The van der Waals surface area contributed by atoms with Crippen LogP contribution in [-0.4, -0.2) is 80.1 Å². The Kier molecular flexibility index (Phi) is 8.01. The van der Waals surface area contributed by atoms with Crippen LogP contribution in [0.15, 0.2) is 0 Å². The van der Waals surface area contributed by atoms with Crippen LogP contribution in [0.2, 0.25) is 0 Å². The molecule has 2 heterocycles. The molecule has 2 fully saturated rings. The van der Waals surface area contributed by atoms with E-state index in [0.29, 0.717) is 0 Å². The first-order valence-electron chi connectivity index (χ1n) is 9.14. The van der Waals surface area contributed by atoms with Gasteiger partial charge in [0.05, 0.1) is 0 Å². The molecule has 0 aliphatic carbocycles. The molecule has 2 aliphatic heterocycles. The lowest BCUT2D eigenvalue weighted by Crippen LogP contribution is -2.39. The minimum Gasteiger partial charge on any atom is -0.330 e. The maximum Gasteiger partial charge on any atom is 0.0109 e. The van der Waals surface area contributed by atoms with Gasteiger partial charge in [-0.3, -0.25) is 0 Å². The normalized spacial score (nSPS) is 26.9. The number of hydrogen-bond donors (Lipinski definition) is 1. The van der Waals surface area contributed by atoms with Crippen molar-refractivity contribution in [2.24, 2.45) is 5.73 Å². The highest BCUT2D eigenvalue weighted by atomic mass is 15.2. The lowest BCUT2D eigenvalue weighted by molar-refractivity contribution is 0.154. The van der Waals surface area contributed by atoms with Crippen LogP contribution in [0, 0.1) is 0 Å². The number of rotatable bonds is 7. The van der Waals surface area contributed by atoms with Crippen molar-refractivity contribution in [2.45, 2.75) is 51.0 Å². The first kappa shape index (κ1) is 17.2. The highest BCUT2D eigenvalue weighted by Crippen LogP contribution is 2.18. The number of unbranched alkanes of at least 4 members (excludes halogenated alkanes) is 1. The second-order valence-corrected chi connectivity index (χ2v) is 6.95. The monoisotopic (exact) mass is 296 g/mol. The smallest absolute Gasteiger partial charge is 0.0109 e. The largest absolute Gasteiger partial charge is 0.330 e. The summed E-state index contributed by atoms with van der Waals surface area (Å²) in [5.41, 5.74) is 5.59. The molecule has 0 aromatic carbocycles. The molecule has 124 valence electrons. The number of hydrogen-bond acceptors (Lipinski definition) is 4. The Morgan fingerprint density at radius 3 is 2.33 bits per heavy atom. The Morgan fingerprint density at radius 2 is 1.62 bits per heavy atom. The van der Waals surface area contributed by atoms with E-state index in [-0.39, 0.29) is 0 Å². The molecule has 0 bridgehead atoms. The Morgan fingerprint density at radius 1 is 0.857 bits per heavy atom. The third kappa shape index (κ3) is 6.23. The molecule has 0 amide bonds. The van der Waals surface area contributed by atoms with Crippen molar-refractivity contribution in [3.63, 3.8) is 0 Å². The minimum absolute atomic E-state index is 0.836. The predicted molar refractivity (Wildman–Crippen MR) is 90.7 cm³/mol. The van der Waals surface area contributed by atoms with Crippen LogP contribution >= 0.6 is 0 Å². The number of nitrogens with two attached hydrogens (primary N) is 1. The molecule has 2 aliphatic rings. The first-order chi connectivity index (χ1) is 10.3. The summed E-state index contributed by atoms with van der Waals surface area (Å²) < 4.78 is 0. The summed E-state index contributed by atoms with van der Waals surface area (Å²) in [5, 5.41) is 0. The molecule has 4 heteroatoms. The van der Waals surface area contributed by atoms with Gasteiger partial charge >= 0.3 is 0 Å². The summed E-state index contributed by atoms with van der Waals surface area (Å²) in [6, 6.07) is 0.836. The fraction of sp³-hybridized carbons (Fsp3) is 1.00. The molecule has 4 nitrogen and oxygen atoms in total. The highest BCUT2D eigenvalue weighted by Gasteiger charge is 2.20. The zero-order valence-corrected chi connectivity index (χ0v) is 14.1. The van der Waals surface area contributed by atoms with Gasteiger partial charge in [-0.2, -0.15) is 0 Å². The van der Waals surface area contributed by atoms with Crippen LogP contribution in [0.1, 0.15) is 44.9 Å². The van der Waals surface area contributed by atoms with E-state index in [2.05, 4.69) is 21.7 Å². The van der Waals surface area contributed by atoms with Crippen LogP contribution in [0.4, 0.5) is 0 Å².